The molecule has 1 saturated heterocycles. The minimum absolute atomic E-state index is 0.0572. The highest BCUT2D eigenvalue weighted by Crippen LogP contribution is 2.24. The molecule has 3 rings (SSSR count). The van der Waals surface area contributed by atoms with E-state index in [-0.39, 0.29) is 18.0 Å². The molecule has 0 spiro atoms. The largest absolute Gasteiger partial charge is 0.341 e. The summed E-state index contributed by atoms with van der Waals surface area (Å²) in [5, 5.41) is 18.9. The monoisotopic (exact) mass is 332 g/mol. The van der Waals surface area contributed by atoms with Gasteiger partial charge in [0.25, 0.3) is 0 Å². The van der Waals surface area contributed by atoms with Crippen LogP contribution in [0.5, 0.6) is 0 Å². The lowest BCUT2D eigenvalue weighted by Gasteiger charge is -2.20. The standard InChI is InChI=1S/C20H20N4O/c21-12-16(13-22)11-17-14-24(19-8-4-3-7-18(17)19)15-20(25)23-9-5-1-2-6-10-23/h3-4,7-8,11,14H,1-2,5-6,9-10,15H2. The van der Waals surface area contributed by atoms with Crippen molar-refractivity contribution in [3.8, 4) is 12.1 Å². The molecule has 5 nitrogen and oxygen atoms in total. The average Bonchev–Trinajstić information content (AvgIpc) is 2.81. The van der Waals surface area contributed by atoms with E-state index >= 15 is 0 Å². The van der Waals surface area contributed by atoms with Crippen molar-refractivity contribution in [3.63, 3.8) is 0 Å². The van der Waals surface area contributed by atoms with Crippen LogP contribution in [0.15, 0.2) is 36.0 Å². The number of rotatable bonds is 3. The zero-order chi connectivity index (χ0) is 17.6. The van der Waals surface area contributed by atoms with Gasteiger partial charge in [0.2, 0.25) is 5.91 Å². The van der Waals surface area contributed by atoms with Crippen molar-refractivity contribution >= 4 is 22.9 Å². The van der Waals surface area contributed by atoms with Crippen LogP contribution < -0.4 is 0 Å². The fourth-order valence-electron chi connectivity index (χ4n) is 3.33. The van der Waals surface area contributed by atoms with Crippen molar-refractivity contribution < 1.29 is 4.79 Å². The maximum atomic E-state index is 12.7. The van der Waals surface area contributed by atoms with Gasteiger partial charge in [-0.2, -0.15) is 10.5 Å². The molecule has 126 valence electrons. The number of carbonyl (C=O) groups excluding carboxylic acids is 1. The van der Waals surface area contributed by atoms with Crippen LogP contribution in [0.2, 0.25) is 0 Å². The van der Waals surface area contributed by atoms with E-state index in [1.165, 1.54) is 12.8 Å². The highest BCUT2D eigenvalue weighted by Gasteiger charge is 2.17. The fourth-order valence-corrected chi connectivity index (χ4v) is 3.33. The third kappa shape index (κ3) is 3.72. The predicted molar refractivity (Wildman–Crippen MR) is 96.2 cm³/mol. The highest BCUT2D eigenvalue weighted by molar-refractivity contribution is 5.92. The van der Waals surface area contributed by atoms with E-state index in [2.05, 4.69) is 0 Å². The lowest BCUT2D eigenvalue weighted by molar-refractivity contribution is -0.131. The summed E-state index contributed by atoms with van der Waals surface area (Å²) >= 11 is 0. The van der Waals surface area contributed by atoms with Gasteiger partial charge in [-0.3, -0.25) is 4.79 Å². The molecule has 25 heavy (non-hydrogen) atoms. The Bertz CT molecular complexity index is 871. The fraction of sp³-hybridized carbons (Fsp3) is 0.350. The maximum Gasteiger partial charge on any atom is 0.242 e. The molecule has 0 unspecified atom stereocenters. The molecule has 0 bridgehead atoms. The average molecular weight is 332 g/mol. The van der Waals surface area contributed by atoms with E-state index in [4.69, 9.17) is 10.5 Å². The van der Waals surface area contributed by atoms with E-state index in [1.54, 1.807) is 6.08 Å². The van der Waals surface area contributed by atoms with Crippen LogP contribution in [-0.2, 0) is 11.3 Å². The molecular weight excluding hydrogens is 312 g/mol. The van der Waals surface area contributed by atoms with Gasteiger partial charge in [0, 0.05) is 35.8 Å². The Morgan fingerprint density at radius 3 is 2.44 bits per heavy atom. The number of aromatic nitrogens is 1. The van der Waals surface area contributed by atoms with Crippen molar-refractivity contribution in [3.05, 3.63) is 41.6 Å². The van der Waals surface area contributed by atoms with E-state index in [1.807, 2.05) is 52.1 Å². The van der Waals surface area contributed by atoms with Crippen LogP contribution in [0, 0.1) is 22.7 Å². The topological polar surface area (TPSA) is 72.8 Å². The molecule has 0 N–H and O–H groups in total. The second-order valence-electron chi connectivity index (χ2n) is 6.31. The smallest absolute Gasteiger partial charge is 0.242 e. The third-order valence-corrected chi connectivity index (χ3v) is 4.62. The summed E-state index contributed by atoms with van der Waals surface area (Å²) in [4.78, 5) is 14.6. The zero-order valence-corrected chi connectivity index (χ0v) is 14.1. The number of nitriles is 2. The lowest BCUT2D eigenvalue weighted by atomic mass is 10.1. The van der Waals surface area contributed by atoms with Gasteiger partial charge in [0.05, 0.1) is 0 Å². The Hall–Kier alpha value is -3.05. The molecule has 5 heteroatoms. The first-order valence-electron chi connectivity index (χ1n) is 8.60. The molecule has 0 radical (unpaired) electrons. The maximum absolute atomic E-state index is 12.7. The van der Waals surface area contributed by atoms with E-state index < -0.39 is 0 Å². The summed E-state index contributed by atoms with van der Waals surface area (Å²) in [5.74, 6) is 0.124. The van der Waals surface area contributed by atoms with Crippen LogP contribution in [0.1, 0.15) is 31.2 Å². The Kier molecular flexibility index (Phi) is 5.16. The zero-order valence-electron chi connectivity index (χ0n) is 14.1. The van der Waals surface area contributed by atoms with Gasteiger partial charge in [-0.25, -0.2) is 0 Å². The van der Waals surface area contributed by atoms with E-state index in [9.17, 15) is 4.79 Å². The minimum Gasteiger partial charge on any atom is -0.341 e. The Balaban J connectivity index is 1.92. The summed E-state index contributed by atoms with van der Waals surface area (Å²) in [6, 6.07) is 11.5. The van der Waals surface area contributed by atoms with Crippen molar-refractivity contribution in [2.24, 2.45) is 0 Å². The lowest BCUT2D eigenvalue weighted by Crippen LogP contribution is -2.34. The number of hydrogen-bond acceptors (Lipinski definition) is 3. The number of benzene rings is 1. The van der Waals surface area contributed by atoms with Crippen molar-refractivity contribution in [2.45, 2.75) is 32.2 Å². The Morgan fingerprint density at radius 2 is 1.76 bits per heavy atom. The first-order chi connectivity index (χ1) is 12.2. The van der Waals surface area contributed by atoms with Crippen LogP contribution in [0.25, 0.3) is 17.0 Å². The molecule has 1 aromatic carbocycles. The molecule has 1 aliphatic heterocycles. The van der Waals surface area contributed by atoms with Crippen LogP contribution in [-0.4, -0.2) is 28.5 Å². The number of carbonyl (C=O) groups is 1. The molecular formula is C20H20N4O. The number of hydrogen-bond donors (Lipinski definition) is 0. The summed E-state index contributed by atoms with van der Waals surface area (Å²) in [6.07, 6.45) is 7.95. The third-order valence-electron chi connectivity index (χ3n) is 4.62. The summed E-state index contributed by atoms with van der Waals surface area (Å²) in [7, 11) is 0. The highest BCUT2D eigenvalue weighted by atomic mass is 16.2. The Labute approximate surface area is 147 Å². The van der Waals surface area contributed by atoms with Crippen LogP contribution >= 0.6 is 0 Å². The minimum atomic E-state index is 0.0572. The summed E-state index contributed by atoms with van der Waals surface area (Å²) < 4.78 is 1.92. The van der Waals surface area contributed by atoms with Crippen molar-refractivity contribution in [1.82, 2.24) is 9.47 Å². The van der Waals surface area contributed by atoms with Gasteiger partial charge in [-0.1, -0.05) is 31.0 Å². The molecule has 2 heterocycles. The number of nitrogens with zero attached hydrogens (tertiary/aromatic N) is 4. The van der Waals surface area contributed by atoms with Gasteiger partial charge in [0.15, 0.2) is 0 Å². The first-order valence-corrected chi connectivity index (χ1v) is 8.60. The molecule has 1 aromatic heterocycles. The first kappa shape index (κ1) is 16.8. The number of amides is 1. The molecule has 1 amide bonds. The number of fused-ring (bicyclic) bond motifs is 1. The van der Waals surface area contributed by atoms with Gasteiger partial charge in [0.1, 0.15) is 24.3 Å². The van der Waals surface area contributed by atoms with Gasteiger partial charge >= 0.3 is 0 Å². The molecule has 0 saturated carbocycles. The summed E-state index contributed by atoms with van der Waals surface area (Å²) in [6.45, 7) is 1.94. The van der Waals surface area contributed by atoms with Gasteiger partial charge in [-0.05, 0) is 25.0 Å². The normalized spacial score (nSPS) is 14.4. The van der Waals surface area contributed by atoms with E-state index in [0.29, 0.717) is 0 Å². The second-order valence-corrected chi connectivity index (χ2v) is 6.31. The molecule has 0 aliphatic carbocycles. The van der Waals surface area contributed by atoms with Crippen LogP contribution in [0.3, 0.4) is 0 Å². The van der Waals surface area contributed by atoms with Crippen molar-refractivity contribution in [2.75, 3.05) is 13.1 Å². The second kappa shape index (κ2) is 7.68. The number of para-hydroxylation sites is 1. The molecule has 1 fully saturated rings. The molecule has 1 aliphatic rings. The number of likely N-dealkylation sites (tertiary alicyclic amines) is 1. The number of allylic oxidation sites excluding steroid dienone is 1. The Morgan fingerprint density at radius 1 is 1.08 bits per heavy atom. The van der Waals surface area contributed by atoms with Crippen molar-refractivity contribution in [1.29, 1.82) is 10.5 Å². The predicted octanol–water partition coefficient (Wildman–Crippen LogP) is 3.47. The SMILES string of the molecule is N#CC(C#N)=Cc1cn(CC(=O)N2CCCCCC2)c2ccccc12. The van der Waals surface area contributed by atoms with Gasteiger partial charge in [-0.15, -0.1) is 0 Å². The van der Waals surface area contributed by atoms with E-state index in [0.717, 1.165) is 42.4 Å². The molecule has 0 atom stereocenters. The molecule has 2 aromatic rings. The van der Waals surface area contributed by atoms with Crippen LogP contribution in [0.4, 0.5) is 0 Å². The summed E-state index contributed by atoms with van der Waals surface area (Å²) in [5.41, 5.74) is 1.78. The van der Waals surface area contributed by atoms with Gasteiger partial charge < -0.3 is 9.47 Å². The quantitative estimate of drug-likeness (QED) is 0.808.